The highest BCUT2D eigenvalue weighted by Gasteiger charge is 2.01. The number of aromatic nitrogens is 2. The van der Waals surface area contributed by atoms with Crippen molar-refractivity contribution in [2.24, 2.45) is 0 Å². The molecule has 0 fully saturated rings. The SMILES string of the molecule is Fc1ccccc1Nc1ncc(I)cn1. The Labute approximate surface area is 99.9 Å². The van der Waals surface area contributed by atoms with Gasteiger partial charge in [-0.1, -0.05) is 12.1 Å². The van der Waals surface area contributed by atoms with E-state index in [-0.39, 0.29) is 5.82 Å². The van der Waals surface area contributed by atoms with Crippen molar-refractivity contribution in [1.82, 2.24) is 9.97 Å². The van der Waals surface area contributed by atoms with Crippen molar-refractivity contribution < 1.29 is 4.39 Å². The van der Waals surface area contributed by atoms with Crippen LogP contribution in [0.25, 0.3) is 0 Å². The Morgan fingerprint density at radius 2 is 1.80 bits per heavy atom. The fourth-order valence-corrected chi connectivity index (χ4v) is 1.34. The van der Waals surface area contributed by atoms with Crippen LogP contribution in [0, 0.1) is 9.39 Å². The number of benzene rings is 1. The smallest absolute Gasteiger partial charge is 0.227 e. The van der Waals surface area contributed by atoms with Crippen LogP contribution in [0.15, 0.2) is 36.7 Å². The van der Waals surface area contributed by atoms with Crippen molar-refractivity contribution in [3.63, 3.8) is 0 Å². The van der Waals surface area contributed by atoms with Crippen LogP contribution in [-0.4, -0.2) is 9.97 Å². The molecule has 1 heterocycles. The van der Waals surface area contributed by atoms with E-state index in [0.717, 1.165) is 3.57 Å². The summed E-state index contributed by atoms with van der Waals surface area (Å²) >= 11 is 2.11. The second-order valence-electron chi connectivity index (χ2n) is 2.83. The normalized spacial score (nSPS) is 10.0. The van der Waals surface area contributed by atoms with E-state index < -0.39 is 0 Å². The molecule has 0 aliphatic rings. The molecular formula is C10H7FIN3. The molecule has 0 saturated carbocycles. The zero-order chi connectivity index (χ0) is 10.7. The van der Waals surface area contributed by atoms with E-state index in [1.165, 1.54) is 6.07 Å². The summed E-state index contributed by atoms with van der Waals surface area (Å²) in [6.07, 6.45) is 3.33. The van der Waals surface area contributed by atoms with Gasteiger partial charge in [-0.15, -0.1) is 0 Å². The van der Waals surface area contributed by atoms with E-state index in [0.29, 0.717) is 11.6 Å². The molecule has 0 bridgehead atoms. The van der Waals surface area contributed by atoms with Gasteiger partial charge in [-0.05, 0) is 34.7 Å². The lowest BCUT2D eigenvalue weighted by molar-refractivity contribution is 0.631. The Hall–Kier alpha value is -1.24. The van der Waals surface area contributed by atoms with Crippen molar-refractivity contribution in [2.45, 2.75) is 0 Å². The Bertz CT molecular complexity index is 458. The van der Waals surface area contributed by atoms with Crippen LogP contribution in [0.1, 0.15) is 0 Å². The van der Waals surface area contributed by atoms with Crippen LogP contribution >= 0.6 is 22.6 Å². The molecule has 2 rings (SSSR count). The van der Waals surface area contributed by atoms with Crippen LogP contribution < -0.4 is 5.32 Å². The second-order valence-corrected chi connectivity index (χ2v) is 4.08. The van der Waals surface area contributed by atoms with Crippen molar-refractivity contribution >= 4 is 34.2 Å². The lowest BCUT2D eigenvalue weighted by atomic mass is 10.3. The molecule has 1 aromatic carbocycles. The quantitative estimate of drug-likeness (QED) is 0.866. The highest BCUT2D eigenvalue weighted by Crippen LogP contribution is 2.16. The number of rotatable bonds is 2. The van der Waals surface area contributed by atoms with E-state index >= 15 is 0 Å². The van der Waals surface area contributed by atoms with Gasteiger partial charge in [0.25, 0.3) is 0 Å². The first-order chi connectivity index (χ1) is 7.25. The molecule has 0 atom stereocenters. The van der Waals surface area contributed by atoms with Crippen LogP contribution in [-0.2, 0) is 0 Å². The van der Waals surface area contributed by atoms with Crippen molar-refractivity contribution in [3.8, 4) is 0 Å². The standard InChI is InChI=1S/C10H7FIN3/c11-8-3-1-2-4-9(8)15-10-13-5-7(12)6-14-10/h1-6H,(H,13,14,15). The van der Waals surface area contributed by atoms with Gasteiger partial charge in [0.2, 0.25) is 5.95 Å². The molecule has 0 aliphatic carbocycles. The summed E-state index contributed by atoms with van der Waals surface area (Å²) in [5.74, 6) is 0.0696. The zero-order valence-corrected chi connectivity index (χ0v) is 9.77. The summed E-state index contributed by atoms with van der Waals surface area (Å²) in [4.78, 5) is 8.04. The number of hydrogen-bond acceptors (Lipinski definition) is 3. The molecule has 1 aromatic heterocycles. The summed E-state index contributed by atoms with van der Waals surface area (Å²) in [5, 5.41) is 2.80. The minimum atomic E-state index is -0.320. The van der Waals surface area contributed by atoms with Gasteiger partial charge in [0, 0.05) is 16.0 Å². The maximum atomic E-state index is 13.2. The zero-order valence-electron chi connectivity index (χ0n) is 7.61. The first-order valence-corrected chi connectivity index (χ1v) is 5.33. The third-order valence-electron chi connectivity index (χ3n) is 1.74. The largest absolute Gasteiger partial charge is 0.322 e. The van der Waals surface area contributed by atoms with Gasteiger partial charge in [-0.2, -0.15) is 0 Å². The molecule has 0 amide bonds. The predicted octanol–water partition coefficient (Wildman–Crippen LogP) is 2.96. The van der Waals surface area contributed by atoms with E-state index in [1.807, 2.05) is 0 Å². The Morgan fingerprint density at radius 3 is 2.47 bits per heavy atom. The average molecular weight is 315 g/mol. The van der Waals surface area contributed by atoms with E-state index in [1.54, 1.807) is 30.6 Å². The lowest BCUT2D eigenvalue weighted by Gasteiger charge is -2.04. The maximum absolute atomic E-state index is 13.2. The summed E-state index contributed by atoms with van der Waals surface area (Å²) in [6, 6.07) is 6.40. The molecule has 0 unspecified atom stereocenters. The van der Waals surface area contributed by atoms with Gasteiger partial charge in [0.1, 0.15) is 5.82 Å². The third-order valence-corrected chi connectivity index (χ3v) is 2.30. The number of anilines is 2. The number of nitrogens with zero attached hydrogens (tertiary/aromatic N) is 2. The van der Waals surface area contributed by atoms with Crippen LogP contribution in [0.2, 0.25) is 0 Å². The molecule has 76 valence electrons. The van der Waals surface area contributed by atoms with Gasteiger partial charge in [0.05, 0.1) is 5.69 Å². The number of hydrogen-bond donors (Lipinski definition) is 1. The summed E-state index contributed by atoms with van der Waals surface area (Å²) in [6.45, 7) is 0. The number of nitrogens with one attached hydrogen (secondary N) is 1. The first-order valence-electron chi connectivity index (χ1n) is 4.25. The van der Waals surface area contributed by atoms with E-state index in [4.69, 9.17) is 0 Å². The van der Waals surface area contributed by atoms with Crippen molar-refractivity contribution in [1.29, 1.82) is 0 Å². The summed E-state index contributed by atoms with van der Waals surface area (Å²) < 4.78 is 14.2. The number of halogens is 2. The minimum absolute atomic E-state index is 0.320. The highest BCUT2D eigenvalue weighted by atomic mass is 127. The topological polar surface area (TPSA) is 37.8 Å². The lowest BCUT2D eigenvalue weighted by Crippen LogP contribution is -1.98. The first kappa shape index (κ1) is 10.3. The van der Waals surface area contributed by atoms with Gasteiger partial charge in [0.15, 0.2) is 0 Å². The molecule has 2 aromatic rings. The van der Waals surface area contributed by atoms with Crippen LogP contribution in [0.4, 0.5) is 16.0 Å². The fourth-order valence-electron chi connectivity index (χ4n) is 1.06. The molecule has 0 spiro atoms. The molecule has 15 heavy (non-hydrogen) atoms. The molecule has 0 aliphatic heterocycles. The molecular weight excluding hydrogens is 308 g/mol. The molecule has 3 nitrogen and oxygen atoms in total. The van der Waals surface area contributed by atoms with Gasteiger partial charge in [-0.3, -0.25) is 0 Å². The van der Waals surface area contributed by atoms with Crippen LogP contribution in [0.3, 0.4) is 0 Å². The third kappa shape index (κ3) is 2.62. The maximum Gasteiger partial charge on any atom is 0.227 e. The highest BCUT2D eigenvalue weighted by molar-refractivity contribution is 14.1. The number of para-hydroxylation sites is 1. The minimum Gasteiger partial charge on any atom is -0.322 e. The van der Waals surface area contributed by atoms with E-state index in [9.17, 15) is 4.39 Å². The molecule has 5 heteroatoms. The molecule has 0 radical (unpaired) electrons. The molecule has 0 saturated heterocycles. The fraction of sp³-hybridized carbons (Fsp3) is 0. The van der Waals surface area contributed by atoms with Gasteiger partial charge >= 0.3 is 0 Å². The Kier molecular flexibility index (Phi) is 3.10. The van der Waals surface area contributed by atoms with Crippen molar-refractivity contribution in [2.75, 3.05) is 5.32 Å². The average Bonchev–Trinajstić information content (AvgIpc) is 2.25. The van der Waals surface area contributed by atoms with E-state index in [2.05, 4.69) is 37.9 Å². The Morgan fingerprint density at radius 1 is 1.13 bits per heavy atom. The monoisotopic (exact) mass is 315 g/mol. The Balaban J connectivity index is 2.22. The van der Waals surface area contributed by atoms with Crippen LogP contribution in [0.5, 0.6) is 0 Å². The van der Waals surface area contributed by atoms with Gasteiger partial charge in [-0.25, -0.2) is 14.4 Å². The summed E-state index contributed by atoms with van der Waals surface area (Å²) in [7, 11) is 0. The van der Waals surface area contributed by atoms with Crippen molar-refractivity contribution in [3.05, 3.63) is 46.0 Å². The second kappa shape index (κ2) is 4.52. The summed E-state index contributed by atoms with van der Waals surface area (Å²) in [5.41, 5.74) is 0.374. The van der Waals surface area contributed by atoms with Gasteiger partial charge < -0.3 is 5.32 Å². The molecule has 1 N–H and O–H groups in total. The predicted molar refractivity (Wildman–Crippen MR) is 64.4 cm³/mol.